The van der Waals surface area contributed by atoms with E-state index in [9.17, 15) is 4.79 Å². The van der Waals surface area contributed by atoms with Crippen molar-refractivity contribution in [3.05, 3.63) is 56.4 Å². The number of rotatable bonds is 2. The Bertz CT molecular complexity index is 851. The lowest BCUT2D eigenvalue weighted by molar-refractivity contribution is 0.901. The molecule has 2 aromatic heterocycles. The van der Waals surface area contributed by atoms with Crippen LogP contribution in [0.15, 0.2) is 35.3 Å². The summed E-state index contributed by atoms with van der Waals surface area (Å²) in [7, 11) is 0. The number of halogens is 2. The summed E-state index contributed by atoms with van der Waals surface area (Å²) in [5.74, 6) is 0. The van der Waals surface area contributed by atoms with Crippen molar-refractivity contribution in [2.75, 3.05) is 0 Å². The fourth-order valence-electron chi connectivity index (χ4n) is 2.13. The Labute approximate surface area is 125 Å². The lowest BCUT2D eigenvalue weighted by Gasteiger charge is -2.05. The van der Waals surface area contributed by atoms with Gasteiger partial charge in [0.25, 0.3) is 5.56 Å². The second-order valence-corrected chi connectivity index (χ2v) is 5.18. The van der Waals surface area contributed by atoms with Crippen molar-refractivity contribution in [1.82, 2.24) is 14.6 Å². The van der Waals surface area contributed by atoms with E-state index in [1.165, 1.54) is 10.6 Å². The number of aromatic nitrogens is 3. The summed E-state index contributed by atoms with van der Waals surface area (Å²) in [5, 5.41) is 3.74. The van der Waals surface area contributed by atoms with E-state index < -0.39 is 0 Å². The fourth-order valence-corrected chi connectivity index (χ4v) is 2.53. The molecule has 0 atom stereocenters. The van der Waals surface area contributed by atoms with Crippen LogP contribution < -0.4 is 5.56 Å². The van der Waals surface area contributed by atoms with Crippen LogP contribution >= 0.6 is 23.2 Å². The van der Waals surface area contributed by atoms with Gasteiger partial charge in [0.05, 0.1) is 15.7 Å². The number of H-pyrrole nitrogens is 1. The number of aryl methyl sites for hydroxylation is 1. The molecule has 0 saturated heterocycles. The van der Waals surface area contributed by atoms with Gasteiger partial charge < -0.3 is 0 Å². The molecule has 102 valence electrons. The second-order valence-electron chi connectivity index (χ2n) is 4.39. The summed E-state index contributed by atoms with van der Waals surface area (Å²) in [4.78, 5) is 16.6. The highest BCUT2D eigenvalue weighted by Crippen LogP contribution is 2.32. The average molecular weight is 308 g/mol. The van der Waals surface area contributed by atoms with Gasteiger partial charge in [0.1, 0.15) is 0 Å². The van der Waals surface area contributed by atoms with Crippen molar-refractivity contribution in [3.63, 3.8) is 0 Å². The monoisotopic (exact) mass is 307 g/mol. The first-order valence-electron chi connectivity index (χ1n) is 6.16. The van der Waals surface area contributed by atoms with E-state index in [4.69, 9.17) is 23.2 Å². The molecule has 1 aromatic carbocycles. The van der Waals surface area contributed by atoms with Gasteiger partial charge in [-0.3, -0.25) is 9.89 Å². The maximum atomic E-state index is 12.1. The van der Waals surface area contributed by atoms with Crippen LogP contribution in [0.4, 0.5) is 0 Å². The first kappa shape index (κ1) is 13.2. The van der Waals surface area contributed by atoms with E-state index >= 15 is 0 Å². The van der Waals surface area contributed by atoms with E-state index in [-0.39, 0.29) is 5.56 Å². The van der Waals surface area contributed by atoms with Gasteiger partial charge in [0, 0.05) is 23.4 Å². The van der Waals surface area contributed by atoms with Gasteiger partial charge in [-0.2, -0.15) is 0 Å². The van der Waals surface area contributed by atoms with Crippen molar-refractivity contribution in [2.24, 2.45) is 0 Å². The third-order valence-electron chi connectivity index (χ3n) is 3.18. The van der Waals surface area contributed by atoms with E-state index in [2.05, 4.69) is 10.1 Å². The minimum Gasteiger partial charge on any atom is -0.297 e. The molecule has 0 fully saturated rings. The van der Waals surface area contributed by atoms with Gasteiger partial charge in [0.15, 0.2) is 5.65 Å². The molecule has 20 heavy (non-hydrogen) atoms. The number of benzene rings is 1. The normalized spacial score (nSPS) is 11.2. The van der Waals surface area contributed by atoms with Gasteiger partial charge in [-0.15, -0.1) is 0 Å². The van der Waals surface area contributed by atoms with Crippen LogP contribution in [0.25, 0.3) is 16.9 Å². The molecule has 3 rings (SSSR count). The van der Waals surface area contributed by atoms with Gasteiger partial charge in [0.2, 0.25) is 0 Å². The number of hydrogen-bond acceptors (Lipinski definition) is 2. The zero-order valence-electron chi connectivity index (χ0n) is 10.7. The smallest absolute Gasteiger partial charge is 0.273 e. The maximum absolute atomic E-state index is 12.1. The van der Waals surface area contributed by atoms with Gasteiger partial charge >= 0.3 is 0 Å². The molecule has 0 amide bonds. The molecule has 0 bridgehead atoms. The standard InChI is InChI=1S/C14H11Cl2N3O/c1-2-8-7-17-19-12(20)6-11(18-14(8)19)9-4-3-5-10(15)13(9)16/h3-7,17H,2H2,1H3. The van der Waals surface area contributed by atoms with Crippen LogP contribution in [0.1, 0.15) is 12.5 Å². The molecule has 0 aliphatic heterocycles. The molecule has 6 heteroatoms. The Morgan fingerprint density at radius 2 is 2.15 bits per heavy atom. The Morgan fingerprint density at radius 1 is 1.35 bits per heavy atom. The summed E-state index contributed by atoms with van der Waals surface area (Å²) < 4.78 is 1.42. The third-order valence-corrected chi connectivity index (χ3v) is 4.00. The molecule has 0 aliphatic rings. The minimum absolute atomic E-state index is 0.180. The lowest BCUT2D eigenvalue weighted by Crippen LogP contribution is -2.14. The molecule has 0 aliphatic carbocycles. The van der Waals surface area contributed by atoms with Crippen molar-refractivity contribution in [2.45, 2.75) is 13.3 Å². The van der Waals surface area contributed by atoms with Crippen molar-refractivity contribution >= 4 is 28.8 Å². The molecule has 0 spiro atoms. The van der Waals surface area contributed by atoms with E-state index in [0.717, 1.165) is 12.0 Å². The third kappa shape index (κ3) is 2.01. The molecule has 0 radical (unpaired) electrons. The van der Waals surface area contributed by atoms with Crippen LogP contribution in [0.2, 0.25) is 10.0 Å². The summed E-state index contributed by atoms with van der Waals surface area (Å²) in [6.45, 7) is 2.01. The number of hydrogen-bond donors (Lipinski definition) is 1. The molecule has 0 unspecified atom stereocenters. The highest BCUT2D eigenvalue weighted by Gasteiger charge is 2.12. The first-order valence-corrected chi connectivity index (χ1v) is 6.92. The summed E-state index contributed by atoms with van der Waals surface area (Å²) in [6.07, 6.45) is 2.57. The number of aromatic amines is 1. The predicted octanol–water partition coefficient (Wildman–Crippen LogP) is 3.56. The number of nitrogens with one attached hydrogen (secondary N) is 1. The van der Waals surface area contributed by atoms with Crippen molar-refractivity contribution in [3.8, 4) is 11.3 Å². The van der Waals surface area contributed by atoms with Crippen molar-refractivity contribution in [1.29, 1.82) is 0 Å². The Morgan fingerprint density at radius 3 is 2.90 bits per heavy atom. The molecular formula is C14H11Cl2N3O. The predicted molar refractivity (Wildman–Crippen MR) is 80.6 cm³/mol. The van der Waals surface area contributed by atoms with E-state index in [1.54, 1.807) is 24.4 Å². The molecule has 4 nitrogen and oxygen atoms in total. The van der Waals surface area contributed by atoms with Crippen molar-refractivity contribution < 1.29 is 0 Å². The molecule has 2 heterocycles. The molecular weight excluding hydrogens is 297 g/mol. The Kier molecular flexibility index (Phi) is 3.28. The maximum Gasteiger partial charge on any atom is 0.273 e. The first-order chi connectivity index (χ1) is 9.61. The molecule has 1 N–H and O–H groups in total. The summed E-state index contributed by atoms with van der Waals surface area (Å²) in [5.41, 5.74) is 2.59. The fraction of sp³-hybridized carbons (Fsp3) is 0.143. The second kappa shape index (κ2) is 4.96. The van der Waals surface area contributed by atoms with Crippen LogP contribution in [0.3, 0.4) is 0 Å². The topological polar surface area (TPSA) is 50.2 Å². The molecule has 3 aromatic rings. The number of nitrogens with zero attached hydrogens (tertiary/aromatic N) is 2. The SMILES string of the molecule is CCc1c[nH]n2c(=O)cc(-c3cccc(Cl)c3Cl)nc12. The largest absolute Gasteiger partial charge is 0.297 e. The van der Waals surface area contributed by atoms with E-state index in [0.29, 0.717) is 26.9 Å². The highest BCUT2D eigenvalue weighted by atomic mass is 35.5. The zero-order valence-corrected chi connectivity index (χ0v) is 12.2. The Balaban J connectivity index is 2.32. The van der Waals surface area contributed by atoms with Crippen LogP contribution in [-0.2, 0) is 6.42 Å². The lowest BCUT2D eigenvalue weighted by atomic mass is 10.1. The van der Waals surface area contributed by atoms with Gasteiger partial charge in [-0.25, -0.2) is 9.50 Å². The average Bonchev–Trinajstić information content (AvgIpc) is 2.85. The molecule has 0 saturated carbocycles. The zero-order chi connectivity index (χ0) is 14.3. The summed E-state index contributed by atoms with van der Waals surface area (Å²) in [6, 6.07) is 6.72. The minimum atomic E-state index is -0.180. The van der Waals surface area contributed by atoms with E-state index in [1.807, 2.05) is 6.92 Å². The quantitative estimate of drug-likeness (QED) is 0.787. The van der Waals surface area contributed by atoms with Crippen LogP contribution in [0.5, 0.6) is 0 Å². The van der Waals surface area contributed by atoms with Crippen LogP contribution in [-0.4, -0.2) is 14.6 Å². The highest BCUT2D eigenvalue weighted by molar-refractivity contribution is 6.43. The Hall–Kier alpha value is -1.78. The number of fused-ring (bicyclic) bond motifs is 1. The van der Waals surface area contributed by atoms with Gasteiger partial charge in [-0.1, -0.05) is 42.3 Å². The van der Waals surface area contributed by atoms with Crippen LogP contribution in [0, 0.1) is 0 Å². The summed E-state index contributed by atoms with van der Waals surface area (Å²) >= 11 is 12.2. The van der Waals surface area contributed by atoms with Gasteiger partial charge in [-0.05, 0) is 12.5 Å².